The van der Waals surface area contributed by atoms with Crippen LogP contribution in [0.15, 0.2) is 18.2 Å². The highest BCUT2D eigenvalue weighted by Crippen LogP contribution is 2.23. The summed E-state index contributed by atoms with van der Waals surface area (Å²) in [5.74, 6) is -1.89. The monoisotopic (exact) mass is 224 g/mol. The number of hydrogen-bond donors (Lipinski definition) is 2. The number of benzene rings is 1. The van der Waals surface area contributed by atoms with Crippen molar-refractivity contribution in [1.82, 2.24) is 5.32 Å². The van der Waals surface area contributed by atoms with Gasteiger partial charge in [-0.05, 0) is 18.2 Å². The molecule has 0 spiro atoms. The maximum absolute atomic E-state index is 12.9. The van der Waals surface area contributed by atoms with Crippen LogP contribution in [-0.4, -0.2) is 30.2 Å². The number of nitrogens with zero attached hydrogens (tertiary/aromatic N) is 1. The van der Waals surface area contributed by atoms with Gasteiger partial charge in [-0.15, -0.1) is 0 Å². The van der Waals surface area contributed by atoms with Gasteiger partial charge in [-0.3, -0.25) is 4.90 Å². The summed E-state index contributed by atoms with van der Waals surface area (Å²) in [4.78, 5) is 23.6. The summed E-state index contributed by atoms with van der Waals surface area (Å²) < 4.78 is 12.9. The molecule has 1 aromatic carbocycles. The van der Waals surface area contributed by atoms with Crippen LogP contribution < -0.4 is 10.2 Å². The highest BCUT2D eigenvalue weighted by Gasteiger charge is 2.25. The smallest absolute Gasteiger partial charge is 0.337 e. The molecule has 1 aliphatic heterocycles. The minimum atomic E-state index is -1.26. The molecule has 1 heterocycles. The van der Waals surface area contributed by atoms with Crippen molar-refractivity contribution in [2.45, 2.75) is 0 Å². The number of carbonyl (C=O) groups excluding carboxylic acids is 1. The number of amides is 2. The van der Waals surface area contributed by atoms with Crippen molar-refractivity contribution in [2.75, 3.05) is 18.0 Å². The van der Waals surface area contributed by atoms with Gasteiger partial charge < -0.3 is 10.4 Å². The molecule has 1 fully saturated rings. The third-order valence-electron chi connectivity index (χ3n) is 2.34. The lowest BCUT2D eigenvalue weighted by molar-refractivity contribution is 0.0697. The predicted molar refractivity (Wildman–Crippen MR) is 54.1 cm³/mol. The van der Waals surface area contributed by atoms with Crippen LogP contribution in [0, 0.1) is 5.82 Å². The highest BCUT2D eigenvalue weighted by molar-refractivity contribution is 6.02. The Bertz CT molecular complexity index is 461. The molecule has 0 saturated carbocycles. The van der Waals surface area contributed by atoms with E-state index in [2.05, 4.69) is 5.32 Å². The fourth-order valence-corrected chi connectivity index (χ4v) is 1.62. The second-order valence-electron chi connectivity index (χ2n) is 3.35. The standard InChI is InChI=1S/C10H9FN2O3/c11-6-1-2-8(7(5-6)9(14)15)13-4-3-12-10(13)16/h1-2,5H,3-4H2,(H,12,16)(H,14,15). The van der Waals surface area contributed by atoms with Crippen molar-refractivity contribution in [3.63, 3.8) is 0 Å². The molecule has 2 N–H and O–H groups in total. The van der Waals surface area contributed by atoms with Crippen molar-refractivity contribution in [3.05, 3.63) is 29.6 Å². The van der Waals surface area contributed by atoms with Crippen molar-refractivity contribution >= 4 is 17.7 Å². The van der Waals surface area contributed by atoms with Crippen LogP contribution in [0.4, 0.5) is 14.9 Å². The van der Waals surface area contributed by atoms with Crippen LogP contribution in [0.1, 0.15) is 10.4 Å². The fraction of sp³-hybridized carbons (Fsp3) is 0.200. The van der Waals surface area contributed by atoms with Gasteiger partial charge in [0.2, 0.25) is 0 Å². The summed E-state index contributed by atoms with van der Waals surface area (Å²) in [7, 11) is 0. The maximum atomic E-state index is 12.9. The summed E-state index contributed by atoms with van der Waals surface area (Å²) in [6, 6.07) is 2.97. The Kier molecular flexibility index (Phi) is 2.47. The van der Waals surface area contributed by atoms with Gasteiger partial charge in [-0.25, -0.2) is 14.0 Å². The van der Waals surface area contributed by atoms with Gasteiger partial charge in [-0.2, -0.15) is 0 Å². The Morgan fingerprint density at radius 3 is 2.81 bits per heavy atom. The molecule has 6 heteroatoms. The third kappa shape index (κ3) is 1.69. The average Bonchev–Trinajstić information content (AvgIpc) is 2.64. The van der Waals surface area contributed by atoms with Crippen LogP contribution >= 0.6 is 0 Å². The molecule has 0 aromatic heterocycles. The van der Waals surface area contributed by atoms with E-state index in [1.165, 1.54) is 11.0 Å². The summed E-state index contributed by atoms with van der Waals surface area (Å²) in [5, 5.41) is 11.5. The molecule has 0 aliphatic carbocycles. The van der Waals surface area contributed by atoms with Crippen LogP contribution in [-0.2, 0) is 0 Å². The fourth-order valence-electron chi connectivity index (χ4n) is 1.62. The maximum Gasteiger partial charge on any atom is 0.337 e. The van der Waals surface area contributed by atoms with E-state index in [1.54, 1.807) is 0 Å². The lowest BCUT2D eigenvalue weighted by Gasteiger charge is -2.16. The van der Waals surface area contributed by atoms with Crippen molar-refractivity contribution < 1.29 is 19.1 Å². The molecular formula is C10H9FN2O3. The Balaban J connectivity index is 2.47. The molecule has 0 atom stereocenters. The third-order valence-corrected chi connectivity index (χ3v) is 2.34. The van der Waals surface area contributed by atoms with E-state index >= 15 is 0 Å². The van der Waals surface area contributed by atoms with Gasteiger partial charge in [0.15, 0.2) is 0 Å². The molecular weight excluding hydrogens is 215 g/mol. The normalized spacial score (nSPS) is 15.1. The number of rotatable bonds is 2. The largest absolute Gasteiger partial charge is 0.478 e. The van der Waals surface area contributed by atoms with E-state index in [-0.39, 0.29) is 17.3 Å². The summed E-state index contributed by atoms with van der Waals surface area (Å²) in [6.45, 7) is 0.833. The molecule has 5 nitrogen and oxygen atoms in total. The molecule has 0 bridgehead atoms. The van der Waals surface area contributed by atoms with Gasteiger partial charge in [0.25, 0.3) is 0 Å². The first-order valence-electron chi connectivity index (χ1n) is 4.68. The molecule has 16 heavy (non-hydrogen) atoms. The van der Waals surface area contributed by atoms with E-state index in [9.17, 15) is 14.0 Å². The number of anilines is 1. The topological polar surface area (TPSA) is 69.6 Å². The first-order chi connectivity index (χ1) is 7.59. The summed E-state index contributed by atoms with van der Waals surface area (Å²) in [5.41, 5.74) is 0.000880. The van der Waals surface area contributed by atoms with E-state index in [0.717, 1.165) is 12.1 Å². The van der Waals surface area contributed by atoms with E-state index in [0.29, 0.717) is 13.1 Å². The van der Waals surface area contributed by atoms with E-state index in [1.807, 2.05) is 0 Å². The Labute approximate surface area is 90.5 Å². The van der Waals surface area contributed by atoms with Crippen LogP contribution in [0.2, 0.25) is 0 Å². The zero-order valence-electron chi connectivity index (χ0n) is 8.24. The van der Waals surface area contributed by atoms with Crippen molar-refractivity contribution in [3.8, 4) is 0 Å². The first kappa shape index (κ1) is 10.4. The number of hydrogen-bond acceptors (Lipinski definition) is 2. The Morgan fingerprint density at radius 2 is 2.25 bits per heavy atom. The van der Waals surface area contributed by atoms with Gasteiger partial charge in [-0.1, -0.05) is 0 Å². The summed E-state index contributed by atoms with van der Waals surface area (Å²) in [6.07, 6.45) is 0. The Hall–Kier alpha value is -2.11. The second-order valence-corrected chi connectivity index (χ2v) is 3.35. The number of halogens is 1. The quantitative estimate of drug-likeness (QED) is 0.788. The van der Waals surface area contributed by atoms with Gasteiger partial charge in [0.05, 0.1) is 11.3 Å². The molecule has 1 aromatic rings. The zero-order chi connectivity index (χ0) is 11.7. The highest BCUT2D eigenvalue weighted by atomic mass is 19.1. The summed E-state index contributed by atoms with van der Waals surface area (Å²) >= 11 is 0. The lowest BCUT2D eigenvalue weighted by Crippen LogP contribution is -2.29. The number of nitrogens with one attached hydrogen (secondary N) is 1. The van der Waals surface area contributed by atoms with Crippen molar-refractivity contribution in [1.29, 1.82) is 0 Å². The van der Waals surface area contributed by atoms with Crippen molar-refractivity contribution in [2.24, 2.45) is 0 Å². The molecule has 0 unspecified atom stereocenters. The molecule has 84 valence electrons. The minimum absolute atomic E-state index is 0.211. The average molecular weight is 224 g/mol. The lowest BCUT2D eigenvalue weighted by atomic mass is 10.1. The molecule has 2 amide bonds. The van der Waals surface area contributed by atoms with Gasteiger partial charge in [0, 0.05) is 13.1 Å². The SMILES string of the molecule is O=C(O)c1cc(F)ccc1N1CCNC1=O. The number of urea groups is 1. The minimum Gasteiger partial charge on any atom is -0.478 e. The number of aromatic carboxylic acids is 1. The van der Waals surface area contributed by atoms with Gasteiger partial charge >= 0.3 is 12.0 Å². The Morgan fingerprint density at radius 1 is 1.50 bits per heavy atom. The first-order valence-corrected chi connectivity index (χ1v) is 4.68. The van der Waals surface area contributed by atoms with Crippen LogP contribution in [0.25, 0.3) is 0 Å². The van der Waals surface area contributed by atoms with Crippen LogP contribution in [0.5, 0.6) is 0 Å². The number of carboxylic acid groups (broad SMARTS) is 1. The second kappa shape index (κ2) is 3.80. The molecule has 0 radical (unpaired) electrons. The zero-order valence-corrected chi connectivity index (χ0v) is 8.24. The molecule has 2 rings (SSSR count). The van der Waals surface area contributed by atoms with E-state index in [4.69, 9.17) is 5.11 Å². The molecule has 1 aliphatic rings. The van der Waals surface area contributed by atoms with Gasteiger partial charge in [0.1, 0.15) is 5.82 Å². The predicted octanol–water partition coefficient (Wildman–Crippen LogP) is 1.05. The van der Waals surface area contributed by atoms with Crippen LogP contribution in [0.3, 0.4) is 0 Å². The number of carboxylic acids is 1. The van der Waals surface area contributed by atoms with E-state index < -0.39 is 11.8 Å². The molecule has 1 saturated heterocycles. The number of carbonyl (C=O) groups is 2.